The molecule has 2 heterocycles. The zero-order valence-corrected chi connectivity index (χ0v) is 17.8. The molecule has 33 heavy (non-hydrogen) atoms. The molecule has 4 aromatic rings. The normalized spacial score (nSPS) is 15.9. The van der Waals surface area contributed by atoms with Gasteiger partial charge in [0.25, 0.3) is 6.01 Å². The van der Waals surface area contributed by atoms with Crippen LogP contribution >= 0.6 is 0 Å². The number of benzene rings is 3. The molecule has 5 rings (SSSR count). The van der Waals surface area contributed by atoms with Crippen molar-refractivity contribution in [2.75, 3.05) is 24.6 Å². The molecule has 1 atom stereocenters. The number of carboxylic acids is 1. The van der Waals surface area contributed by atoms with Gasteiger partial charge in [-0.2, -0.15) is 4.98 Å². The van der Waals surface area contributed by atoms with Gasteiger partial charge >= 0.3 is 5.97 Å². The van der Waals surface area contributed by atoms with Gasteiger partial charge in [0.15, 0.2) is 11.9 Å². The monoisotopic (exact) mass is 442 g/mol. The molecule has 0 amide bonds. The van der Waals surface area contributed by atoms with Crippen molar-refractivity contribution in [2.45, 2.75) is 6.10 Å². The lowest BCUT2D eigenvalue weighted by Crippen LogP contribution is -2.46. The standard InChI is InChI=1S/C26H22N2O5/c29-25(30)22-17-28(15-16-31-22)26-27-23(24(33-26)19-7-3-1-4-8-19)18-11-13-21(14-12-18)32-20-9-5-2-6-10-20/h1-14,22H,15-17H2,(H,29,30). The number of aromatic nitrogens is 1. The Labute approximate surface area is 190 Å². The highest BCUT2D eigenvalue weighted by Crippen LogP contribution is 2.36. The Kier molecular flexibility index (Phi) is 5.78. The van der Waals surface area contributed by atoms with Gasteiger partial charge in [0.05, 0.1) is 13.2 Å². The highest BCUT2D eigenvalue weighted by atomic mass is 16.5. The molecule has 0 radical (unpaired) electrons. The largest absolute Gasteiger partial charge is 0.479 e. The van der Waals surface area contributed by atoms with Crippen LogP contribution in [-0.4, -0.2) is 41.9 Å². The van der Waals surface area contributed by atoms with Crippen molar-refractivity contribution in [3.8, 4) is 34.1 Å². The van der Waals surface area contributed by atoms with Crippen LogP contribution in [0.4, 0.5) is 6.01 Å². The minimum Gasteiger partial charge on any atom is -0.479 e. The van der Waals surface area contributed by atoms with Crippen molar-refractivity contribution in [1.29, 1.82) is 0 Å². The van der Waals surface area contributed by atoms with Gasteiger partial charge in [-0.1, -0.05) is 48.5 Å². The number of morpholine rings is 1. The SMILES string of the molecule is O=C(O)C1CN(c2nc(-c3ccc(Oc4ccccc4)cc3)c(-c3ccccc3)o2)CCO1. The van der Waals surface area contributed by atoms with Crippen molar-refractivity contribution in [1.82, 2.24) is 4.98 Å². The smallest absolute Gasteiger partial charge is 0.334 e. The second-order valence-electron chi connectivity index (χ2n) is 7.62. The van der Waals surface area contributed by atoms with E-state index in [1.165, 1.54) is 0 Å². The lowest BCUT2D eigenvalue weighted by atomic mass is 10.1. The van der Waals surface area contributed by atoms with Gasteiger partial charge in [-0.15, -0.1) is 0 Å². The Hall–Kier alpha value is -4.10. The molecule has 1 saturated heterocycles. The van der Waals surface area contributed by atoms with E-state index in [1.54, 1.807) is 0 Å². The van der Waals surface area contributed by atoms with E-state index in [4.69, 9.17) is 18.9 Å². The van der Waals surface area contributed by atoms with E-state index in [-0.39, 0.29) is 6.54 Å². The zero-order chi connectivity index (χ0) is 22.6. The van der Waals surface area contributed by atoms with Gasteiger partial charge in [-0.05, 0) is 36.4 Å². The van der Waals surface area contributed by atoms with Crippen LogP contribution in [0.3, 0.4) is 0 Å². The van der Waals surface area contributed by atoms with Crippen LogP contribution in [0.15, 0.2) is 89.3 Å². The molecule has 0 saturated carbocycles. The van der Waals surface area contributed by atoms with E-state index >= 15 is 0 Å². The third-order valence-corrected chi connectivity index (χ3v) is 5.37. The molecule has 166 valence electrons. The van der Waals surface area contributed by atoms with Crippen molar-refractivity contribution in [3.05, 3.63) is 84.9 Å². The predicted molar refractivity (Wildman–Crippen MR) is 123 cm³/mol. The van der Waals surface area contributed by atoms with E-state index in [1.807, 2.05) is 89.8 Å². The molecule has 1 aromatic heterocycles. The summed E-state index contributed by atoms with van der Waals surface area (Å²) < 4.78 is 17.4. The maximum atomic E-state index is 11.4. The molecule has 1 fully saturated rings. The lowest BCUT2D eigenvalue weighted by Gasteiger charge is -2.29. The van der Waals surface area contributed by atoms with Crippen LogP contribution in [0.2, 0.25) is 0 Å². The van der Waals surface area contributed by atoms with Crippen molar-refractivity contribution < 1.29 is 23.8 Å². The average Bonchev–Trinajstić information content (AvgIpc) is 3.31. The number of carbonyl (C=O) groups is 1. The van der Waals surface area contributed by atoms with Crippen LogP contribution in [0.1, 0.15) is 0 Å². The number of carboxylic acid groups (broad SMARTS) is 1. The summed E-state index contributed by atoms with van der Waals surface area (Å²) in [6.07, 6.45) is -0.913. The van der Waals surface area contributed by atoms with Crippen molar-refractivity contribution in [3.63, 3.8) is 0 Å². The Balaban J connectivity index is 1.47. The molecule has 0 spiro atoms. The van der Waals surface area contributed by atoms with E-state index < -0.39 is 12.1 Å². The number of anilines is 1. The quantitative estimate of drug-likeness (QED) is 0.445. The summed E-state index contributed by atoms with van der Waals surface area (Å²) in [5.74, 6) is 1.11. The van der Waals surface area contributed by atoms with Crippen molar-refractivity contribution in [2.24, 2.45) is 0 Å². The molecule has 1 unspecified atom stereocenters. The van der Waals surface area contributed by atoms with Gasteiger partial charge in [-0.25, -0.2) is 4.79 Å². The first-order valence-corrected chi connectivity index (χ1v) is 10.7. The minimum absolute atomic E-state index is 0.174. The van der Waals surface area contributed by atoms with Crippen LogP contribution in [0.25, 0.3) is 22.6 Å². The summed E-state index contributed by atoms with van der Waals surface area (Å²) in [6, 6.07) is 27.4. The number of ether oxygens (including phenoxy) is 2. The summed E-state index contributed by atoms with van der Waals surface area (Å²) in [4.78, 5) is 18.0. The topological polar surface area (TPSA) is 85.0 Å². The molecule has 1 aliphatic rings. The lowest BCUT2D eigenvalue weighted by molar-refractivity contribution is -0.150. The van der Waals surface area contributed by atoms with Gasteiger partial charge in [0, 0.05) is 17.7 Å². The highest BCUT2D eigenvalue weighted by Gasteiger charge is 2.30. The van der Waals surface area contributed by atoms with Crippen LogP contribution < -0.4 is 9.64 Å². The molecule has 0 bridgehead atoms. The van der Waals surface area contributed by atoms with Gasteiger partial charge in [-0.3, -0.25) is 0 Å². The third-order valence-electron chi connectivity index (χ3n) is 5.37. The molecule has 7 heteroatoms. The number of rotatable bonds is 6. The molecular weight excluding hydrogens is 420 g/mol. The minimum atomic E-state index is -0.997. The first kappa shape index (κ1) is 20.8. The number of nitrogens with zero attached hydrogens (tertiary/aromatic N) is 2. The Morgan fingerprint density at radius 2 is 1.58 bits per heavy atom. The summed E-state index contributed by atoms with van der Waals surface area (Å²) in [6.45, 7) is 0.968. The van der Waals surface area contributed by atoms with Crippen LogP contribution in [-0.2, 0) is 9.53 Å². The molecule has 7 nitrogen and oxygen atoms in total. The predicted octanol–water partition coefficient (Wildman–Crippen LogP) is 5.09. The average molecular weight is 442 g/mol. The maximum absolute atomic E-state index is 11.4. The fourth-order valence-electron chi connectivity index (χ4n) is 3.70. The van der Waals surface area contributed by atoms with Crippen molar-refractivity contribution >= 4 is 12.0 Å². The molecule has 0 aliphatic carbocycles. The summed E-state index contributed by atoms with van der Waals surface area (Å²) in [5, 5.41) is 9.34. The molecule has 1 N–H and O–H groups in total. The van der Waals surface area contributed by atoms with Crippen LogP contribution in [0.5, 0.6) is 11.5 Å². The van der Waals surface area contributed by atoms with Gasteiger partial charge < -0.3 is 23.9 Å². The molecule has 3 aromatic carbocycles. The fourth-order valence-corrected chi connectivity index (χ4v) is 3.70. The number of para-hydroxylation sites is 1. The Morgan fingerprint density at radius 1 is 0.909 bits per heavy atom. The summed E-state index contributed by atoms with van der Waals surface area (Å²) in [5.41, 5.74) is 2.44. The fraction of sp³-hybridized carbons (Fsp3) is 0.154. The third kappa shape index (κ3) is 4.58. The van der Waals surface area contributed by atoms with Crippen LogP contribution in [0, 0.1) is 0 Å². The van der Waals surface area contributed by atoms with E-state index in [2.05, 4.69) is 0 Å². The number of hydrogen-bond acceptors (Lipinski definition) is 6. The molecule has 1 aliphatic heterocycles. The summed E-state index contributed by atoms with van der Waals surface area (Å²) in [7, 11) is 0. The van der Waals surface area contributed by atoms with Gasteiger partial charge in [0.1, 0.15) is 17.2 Å². The Bertz CT molecular complexity index is 1220. The number of oxazole rings is 1. The van der Waals surface area contributed by atoms with E-state index in [0.717, 1.165) is 16.9 Å². The maximum Gasteiger partial charge on any atom is 0.334 e. The first-order chi connectivity index (χ1) is 16.2. The summed E-state index contributed by atoms with van der Waals surface area (Å²) >= 11 is 0. The zero-order valence-electron chi connectivity index (χ0n) is 17.8. The van der Waals surface area contributed by atoms with E-state index in [0.29, 0.717) is 36.4 Å². The Morgan fingerprint density at radius 3 is 2.27 bits per heavy atom. The van der Waals surface area contributed by atoms with E-state index in [9.17, 15) is 9.90 Å². The first-order valence-electron chi connectivity index (χ1n) is 10.7. The van der Waals surface area contributed by atoms with Gasteiger partial charge in [0.2, 0.25) is 0 Å². The number of hydrogen-bond donors (Lipinski definition) is 1. The number of aliphatic carboxylic acids is 1. The second kappa shape index (κ2) is 9.18. The highest BCUT2D eigenvalue weighted by molar-refractivity contribution is 5.78. The second-order valence-corrected chi connectivity index (χ2v) is 7.62. The molecular formula is C26H22N2O5.